The summed E-state index contributed by atoms with van der Waals surface area (Å²) in [6, 6.07) is 9.88. The van der Waals surface area contributed by atoms with Crippen molar-refractivity contribution in [3.8, 4) is 0 Å². The Labute approximate surface area is 195 Å². The maximum atomic E-state index is 12.8. The molecule has 2 aromatic rings. The van der Waals surface area contributed by atoms with Gasteiger partial charge in [-0.1, -0.05) is 30.3 Å². The summed E-state index contributed by atoms with van der Waals surface area (Å²) >= 11 is 0. The second-order valence-electron chi connectivity index (χ2n) is 8.75. The number of H-pyrrole nitrogens is 1. The van der Waals surface area contributed by atoms with Crippen LogP contribution in [0.4, 0.5) is 0 Å². The number of nitrogens with zero attached hydrogens (tertiary/aromatic N) is 1. The second-order valence-corrected chi connectivity index (χ2v) is 8.75. The van der Waals surface area contributed by atoms with Crippen LogP contribution in [0.1, 0.15) is 72.0 Å². The Hall–Kier alpha value is -3.09. The van der Waals surface area contributed by atoms with Gasteiger partial charge in [-0.15, -0.1) is 0 Å². The van der Waals surface area contributed by atoms with Crippen LogP contribution in [0.3, 0.4) is 0 Å². The lowest BCUT2D eigenvalue weighted by Crippen LogP contribution is -2.43. The topological polar surface area (TPSA) is 91.5 Å². The highest BCUT2D eigenvalue weighted by Gasteiger charge is 2.28. The first-order valence-electron chi connectivity index (χ1n) is 11.8. The number of likely N-dealkylation sites (tertiary alicyclic amines) is 1. The third-order valence-corrected chi connectivity index (χ3v) is 6.54. The number of rotatable bonds is 8. The van der Waals surface area contributed by atoms with Gasteiger partial charge < -0.3 is 19.9 Å². The number of aromatic nitrogens is 1. The van der Waals surface area contributed by atoms with Crippen molar-refractivity contribution in [3.05, 3.63) is 58.4 Å². The average molecular weight is 454 g/mol. The van der Waals surface area contributed by atoms with Crippen LogP contribution < -0.4 is 5.32 Å². The first-order chi connectivity index (χ1) is 15.8. The van der Waals surface area contributed by atoms with Gasteiger partial charge in [-0.2, -0.15) is 0 Å². The van der Waals surface area contributed by atoms with Crippen molar-refractivity contribution in [2.24, 2.45) is 5.92 Å². The van der Waals surface area contributed by atoms with Gasteiger partial charge in [0.1, 0.15) is 5.69 Å². The molecule has 7 heteroatoms. The SMILES string of the molecule is CCOC(=O)c1[nH]c(C)c(CCC(=O)N2CCC(C(=O)NC(C)c3ccccc3)CC2)c1C. The fourth-order valence-electron chi connectivity index (χ4n) is 4.51. The standard InChI is InChI=1S/C26H35N3O4/c1-5-33-26(32)24-17(2)22(19(4)27-24)11-12-23(30)29-15-13-21(14-16-29)25(31)28-18(3)20-9-7-6-8-10-20/h6-10,18,21,27H,5,11-16H2,1-4H3,(H,28,31). The highest BCUT2D eigenvalue weighted by Crippen LogP contribution is 2.23. The first-order valence-corrected chi connectivity index (χ1v) is 11.8. The Bertz CT molecular complexity index is 975. The summed E-state index contributed by atoms with van der Waals surface area (Å²) in [4.78, 5) is 42.5. The van der Waals surface area contributed by atoms with Crippen molar-refractivity contribution < 1.29 is 19.1 Å². The van der Waals surface area contributed by atoms with E-state index in [1.165, 1.54) is 0 Å². The van der Waals surface area contributed by atoms with Crippen LogP contribution in [0.2, 0.25) is 0 Å². The van der Waals surface area contributed by atoms with Gasteiger partial charge in [0, 0.05) is 31.1 Å². The van der Waals surface area contributed by atoms with Gasteiger partial charge in [-0.05, 0) is 63.6 Å². The van der Waals surface area contributed by atoms with Gasteiger partial charge in [0.05, 0.1) is 12.6 Å². The zero-order valence-electron chi connectivity index (χ0n) is 20.1. The van der Waals surface area contributed by atoms with Crippen LogP contribution >= 0.6 is 0 Å². The molecule has 7 nitrogen and oxygen atoms in total. The molecule has 0 spiro atoms. The van der Waals surface area contributed by atoms with E-state index in [0.717, 1.165) is 22.4 Å². The molecule has 0 aliphatic carbocycles. The molecule has 2 N–H and O–H groups in total. The van der Waals surface area contributed by atoms with Gasteiger partial charge in [-0.3, -0.25) is 9.59 Å². The molecular weight excluding hydrogens is 418 g/mol. The van der Waals surface area contributed by atoms with E-state index < -0.39 is 0 Å². The quantitative estimate of drug-likeness (QED) is 0.594. The summed E-state index contributed by atoms with van der Waals surface area (Å²) in [5.41, 5.74) is 4.29. The first kappa shape index (κ1) is 24.6. The zero-order chi connectivity index (χ0) is 24.0. The van der Waals surface area contributed by atoms with Crippen molar-refractivity contribution >= 4 is 17.8 Å². The molecule has 0 radical (unpaired) electrons. The minimum Gasteiger partial charge on any atom is -0.461 e. The molecule has 2 amide bonds. The van der Waals surface area contributed by atoms with Crippen LogP contribution in [0.25, 0.3) is 0 Å². The molecule has 1 aliphatic heterocycles. The van der Waals surface area contributed by atoms with Gasteiger partial charge >= 0.3 is 5.97 Å². The Balaban J connectivity index is 1.48. The summed E-state index contributed by atoms with van der Waals surface area (Å²) in [7, 11) is 0. The molecular formula is C26H35N3O4. The summed E-state index contributed by atoms with van der Waals surface area (Å²) in [6.45, 7) is 9.07. The monoisotopic (exact) mass is 453 g/mol. The lowest BCUT2D eigenvalue weighted by atomic mass is 9.94. The second kappa shape index (κ2) is 11.2. The van der Waals surface area contributed by atoms with E-state index in [-0.39, 0.29) is 29.7 Å². The highest BCUT2D eigenvalue weighted by atomic mass is 16.5. The molecule has 33 heavy (non-hydrogen) atoms. The van der Waals surface area contributed by atoms with E-state index in [9.17, 15) is 14.4 Å². The van der Waals surface area contributed by atoms with Crippen molar-refractivity contribution in [3.63, 3.8) is 0 Å². The number of aromatic amines is 1. The average Bonchev–Trinajstić information content (AvgIpc) is 3.11. The molecule has 1 aromatic carbocycles. The van der Waals surface area contributed by atoms with E-state index in [1.807, 2.05) is 56.0 Å². The number of amides is 2. The van der Waals surface area contributed by atoms with Crippen molar-refractivity contribution in [1.82, 2.24) is 15.2 Å². The summed E-state index contributed by atoms with van der Waals surface area (Å²) in [5.74, 6) is -0.285. The zero-order valence-corrected chi connectivity index (χ0v) is 20.1. The smallest absolute Gasteiger partial charge is 0.355 e. The number of esters is 1. The van der Waals surface area contributed by atoms with Crippen molar-refractivity contribution in [2.45, 2.75) is 59.4 Å². The van der Waals surface area contributed by atoms with Crippen LogP contribution in [0, 0.1) is 19.8 Å². The van der Waals surface area contributed by atoms with E-state index in [2.05, 4.69) is 10.3 Å². The van der Waals surface area contributed by atoms with Crippen molar-refractivity contribution in [1.29, 1.82) is 0 Å². The molecule has 1 aliphatic rings. The van der Waals surface area contributed by atoms with Crippen LogP contribution in [-0.2, 0) is 20.7 Å². The molecule has 0 bridgehead atoms. The maximum absolute atomic E-state index is 12.8. The molecule has 1 aromatic heterocycles. The Morgan fingerprint density at radius 2 is 1.82 bits per heavy atom. The Kier molecular flexibility index (Phi) is 8.31. The fraction of sp³-hybridized carbons (Fsp3) is 0.500. The number of hydrogen-bond donors (Lipinski definition) is 2. The predicted molar refractivity (Wildman–Crippen MR) is 127 cm³/mol. The number of ether oxygens (including phenoxy) is 1. The van der Waals surface area contributed by atoms with Gasteiger partial charge in [0.15, 0.2) is 0 Å². The molecule has 178 valence electrons. The van der Waals surface area contributed by atoms with Crippen LogP contribution in [0.15, 0.2) is 30.3 Å². The Morgan fingerprint density at radius 3 is 2.45 bits per heavy atom. The number of hydrogen-bond acceptors (Lipinski definition) is 4. The fourth-order valence-corrected chi connectivity index (χ4v) is 4.51. The van der Waals surface area contributed by atoms with Crippen molar-refractivity contribution in [2.75, 3.05) is 19.7 Å². The number of aryl methyl sites for hydroxylation is 1. The minimum absolute atomic E-state index is 0.0364. The van der Waals surface area contributed by atoms with Gasteiger partial charge in [-0.25, -0.2) is 4.79 Å². The maximum Gasteiger partial charge on any atom is 0.355 e. The van der Waals surface area contributed by atoms with E-state index in [4.69, 9.17) is 4.74 Å². The Morgan fingerprint density at radius 1 is 1.15 bits per heavy atom. The summed E-state index contributed by atoms with van der Waals surface area (Å²) in [5, 5.41) is 3.11. The molecule has 1 atom stereocenters. The van der Waals surface area contributed by atoms with Gasteiger partial charge in [0.25, 0.3) is 0 Å². The molecule has 1 unspecified atom stereocenters. The number of benzene rings is 1. The van der Waals surface area contributed by atoms with E-state index >= 15 is 0 Å². The number of piperidine rings is 1. The lowest BCUT2D eigenvalue weighted by Gasteiger charge is -2.32. The van der Waals surface area contributed by atoms with E-state index in [0.29, 0.717) is 51.1 Å². The lowest BCUT2D eigenvalue weighted by molar-refractivity contribution is -0.135. The summed E-state index contributed by atoms with van der Waals surface area (Å²) < 4.78 is 5.10. The largest absolute Gasteiger partial charge is 0.461 e. The minimum atomic E-state index is -0.363. The number of carbonyl (C=O) groups excluding carboxylic acids is 3. The normalized spacial score (nSPS) is 15.2. The highest BCUT2D eigenvalue weighted by molar-refractivity contribution is 5.90. The van der Waals surface area contributed by atoms with Crippen LogP contribution in [-0.4, -0.2) is 47.4 Å². The molecule has 2 heterocycles. The third kappa shape index (κ3) is 6.03. The predicted octanol–water partition coefficient (Wildman–Crippen LogP) is 3.86. The molecule has 0 saturated carbocycles. The summed E-state index contributed by atoms with van der Waals surface area (Å²) in [6.07, 6.45) is 2.30. The van der Waals surface area contributed by atoms with Crippen LogP contribution in [0.5, 0.6) is 0 Å². The number of nitrogens with one attached hydrogen (secondary N) is 2. The molecule has 3 rings (SSSR count). The van der Waals surface area contributed by atoms with Gasteiger partial charge in [0.2, 0.25) is 11.8 Å². The number of carbonyl (C=O) groups is 3. The van der Waals surface area contributed by atoms with E-state index in [1.54, 1.807) is 6.92 Å². The molecule has 1 fully saturated rings. The molecule has 1 saturated heterocycles. The third-order valence-electron chi connectivity index (χ3n) is 6.54.